The standard InChI is InChI=1S/C20H25N5O2/c1-13(2)17-9-16(27-25-17)10-23-20(21-4)24-12-19-22-11-18(26-19)15-7-5-14(3)6-8-15/h5-9,11,13H,10,12H2,1-4H3,(H2,21,23,24). The number of hydrogen-bond acceptors (Lipinski definition) is 5. The van der Waals surface area contributed by atoms with Gasteiger partial charge < -0.3 is 19.6 Å². The van der Waals surface area contributed by atoms with Crippen molar-refractivity contribution >= 4 is 5.96 Å². The maximum absolute atomic E-state index is 5.81. The van der Waals surface area contributed by atoms with Crippen molar-refractivity contribution in [3.8, 4) is 11.3 Å². The van der Waals surface area contributed by atoms with Crippen LogP contribution < -0.4 is 10.6 Å². The van der Waals surface area contributed by atoms with Crippen LogP contribution in [0.1, 0.15) is 42.7 Å². The van der Waals surface area contributed by atoms with Gasteiger partial charge >= 0.3 is 0 Å². The van der Waals surface area contributed by atoms with E-state index in [0.717, 1.165) is 22.8 Å². The Morgan fingerprint density at radius 3 is 2.56 bits per heavy atom. The van der Waals surface area contributed by atoms with Crippen molar-refractivity contribution in [2.75, 3.05) is 7.05 Å². The molecule has 0 atom stereocenters. The number of nitrogens with zero attached hydrogens (tertiary/aromatic N) is 3. The third-order valence-electron chi connectivity index (χ3n) is 4.12. The van der Waals surface area contributed by atoms with Crippen molar-refractivity contribution < 1.29 is 8.94 Å². The quantitative estimate of drug-likeness (QED) is 0.511. The number of aliphatic imine (C=N–C) groups is 1. The second kappa shape index (κ2) is 8.53. The highest BCUT2D eigenvalue weighted by Gasteiger charge is 2.10. The maximum atomic E-state index is 5.81. The molecule has 2 N–H and O–H groups in total. The summed E-state index contributed by atoms with van der Waals surface area (Å²) in [5.74, 6) is 3.08. The third kappa shape index (κ3) is 4.97. The van der Waals surface area contributed by atoms with Gasteiger partial charge in [0.2, 0.25) is 5.89 Å². The molecule has 0 unspecified atom stereocenters. The van der Waals surface area contributed by atoms with Crippen LogP contribution in [0.25, 0.3) is 11.3 Å². The van der Waals surface area contributed by atoms with E-state index in [4.69, 9.17) is 8.94 Å². The zero-order valence-corrected chi connectivity index (χ0v) is 16.1. The Balaban J connectivity index is 1.52. The third-order valence-corrected chi connectivity index (χ3v) is 4.12. The molecule has 2 aromatic heterocycles. The van der Waals surface area contributed by atoms with Gasteiger partial charge in [0.1, 0.15) is 0 Å². The van der Waals surface area contributed by atoms with E-state index in [2.05, 4.69) is 58.7 Å². The summed E-state index contributed by atoms with van der Waals surface area (Å²) in [5.41, 5.74) is 3.16. The molecule has 0 amide bonds. The van der Waals surface area contributed by atoms with E-state index >= 15 is 0 Å². The predicted molar refractivity (Wildman–Crippen MR) is 104 cm³/mol. The lowest BCUT2D eigenvalue weighted by Crippen LogP contribution is -2.36. The molecule has 0 aliphatic carbocycles. The number of aryl methyl sites for hydroxylation is 1. The first-order valence-corrected chi connectivity index (χ1v) is 8.97. The molecule has 0 aliphatic heterocycles. The van der Waals surface area contributed by atoms with Crippen molar-refractivity contribution in [3.05, 3.63) is 59.4 Å². The van der Waals surface area contributed by atoms with Crippen LogP contribution in [0.15, 0.2) is 50.5 Å². The number of oxazole rings is 1. The van der Waals surface area contributed by atoms with E-state index in [1.54, 1.807) is 13.2 Å². The lowest BCUT2D eigenvalue weighted by molar-refractivity contribution is 0.372. The topological polar surface area (TPSA) is 88.5 Å². The Bertz CT molecular complexity index is 893. The number of guanidine groups is 1. The molecular formula is C20H25N5O2. The SMILES string of the molecule is CN=C(NCc1cc(C(C)C)no1)NCc1ncc(-c2ccc(C)cc2)o1. The highest BCUT2D eigenvalue weighted by Crippen LogP contribution is 2.20. The van der Waals surface area contributed by atoms with Crippen LogP contribution in [0.3, 0.4) is 0 Å². The van der Waals surface area contributed by atoms with Crippen LogP contribution in [0.2, 0.25) is 0 Å². The molecule has 3 aromatic rings. The first-order chi connectivity index (χ1) is 13.0. The second-order valence-corrected chi connectivity index (χ2v) is 6.64. The molecule has 0 saturated carbocycles. The van der Waals surface area contributed by atoms with Gasteiger partial charge in [-0.3, -0.25) is 4.99 Å². The minimum Gasteiger partial charge on any atom is -0.439 e. The number of rotatable bonds is 6. The summed E-state index contributed by atoms with van der Waals surface area (Å²) in [7, 11) is 1.71. The van der Waals surface area contributed by atoms with E-state index in [1.165, 1.54) is 5.56 Å². The molecule has 2 heterocycles. The van der Waals surface area contributed by atoms with Crippen LogP contribution in [-0.2, 0) is 13.1 Å². The fourth-order valence-electron chi connectivity index (χ4n) is 2.48. The fraction of sp³-hybridized carbons (Fsp3) is 0.350. The van der Waals surface area contributed by atoms with Crippen molar-refractivity contribution in [2.45, 2.75) is 39.8 Å². The average Bonchev–Trinajstić information content (AvgIpc) is 3.32. The molecule has 3 rings (SSSR count). The van der Waals surface area contributed by atoms with E-state index in [0.29, 0.717) is 30.9 Å². The molecule has 0 aliphatic rings. The van der Waals surface area contributed by atoms with E-state index in [-0.39, 0.29) is 0 Å². The zero-order valence-electron chi connectivity index (χ0n) is 16.1. The van der Waals surface area contributed by atoms with Gasteiger partial charge in [-0.15, -0.1) is 0 Å². The van der Waals surface area contributed by atoms with Crippen molar-refractivity contribution in [1.29, 1.82) is 0 Å². The zero-order chi connectivity index (χ0) is 19.2. The summed E-state index contributed by atoms with van der Waals surface area (Å²) in [4.78, 5) is 8.52. The van der Waals surface area contributed by atoms with Crippen molar-refractivity contribution in [2.24, 2.45) is 4.99 Å². The molecule has 7 heteroatoms. The van der Waals surface area contributed by atoms with Gasteiger partial charge in [-0.1, -0.05) is 48.8 Å². The molecule has 1 aromatic carbocycles. The van der Waals surface area contributed by atoms with Crippen LogP contribution in [-0.4, -0.2) is 23.1 Å². The second-order valence-electron chi connectivity index (χ2n) is 6.64. The van der Waals surface area contributed by atoms with Gasteiger partial charge in [0.25, 0.3) is 0 Å². The van der Waals surface area contributed by atoms with E-state index in [9.17, 15) is 0 Å². The molecule has 7 nitrogen and oxygen atoms in total. The predicted octanol–water partition coefficient (Wildman–Crippen LogP) is 3.63. The molecule has 142 valence electrons. The van der Waals surface area contributed by atoms with Gasteiger partial charge in [-0.2, -0.15) is 0 Å². The minimum atomic E-state index is 0.340. The van der Waals surface area contributed by atoms with Crippen LogP contribution in [0, 0.1) is 6.92 Å². The van der Waals surface area contributed by atoms with Gasteiger partial charge in [-0.25, -0.2) is 4.98 Å². The Kier molecular flexibility index (Phi) is 5.90. The maximum Gasteiger partial charge on any atom is 0.214 e. The lowest BCUT2D eigenvalue weighted by atomic mass is 10.1. The van der Waals surface area contributed by atoms with Gasteiger partial charge in [-0.05, 0) is 12.8 Å². The smallest absolute Gasteiger partial charge is 0.214 e. The van der Waals surface area contributed by atoms with E-state index in [1.807, 2.05) is 18.2 Å². The molecule has 0 spiro atoms. The monoisotopic (exact) mass is 367 g/mol. The highest BCUT2D eigenvalue weighted by atomic mass is 16.5. The highest BCUT2D eigenvalue weighted by molar-refractivity contribution is 5.79. The summed E-state index contributed by atoms with van der Waals surface area (Å²) in [6, 6.07) is 10.1. The Labute approximate surface area is 158 Å². The van der Waals surface area contributed by atoms with Gasteiger partial charge in [0.15, 0.2) is 17.5 Å². The Morgan fingerprint density at radius 2 is 1.89 bits per heavy atom. The number of aromatic nitrogens is 2. The van der Waals surface area contributed by atoms with Crippen molar-refractivity contribution in [1.82, 2.24) is 20.8 Å². The Hall–Kier alpha value is -3.09. The Morgan fingerprint density at radius 1 is 1.15 bits per heavy atom. The minimum absolute atomic E-state index is 0.340. The number of benzene rings is 1. The summed E-state index contributed by atoms with van der Waals surface area (Å²) in [5, 5.41) is 10.4. The molecule has 0 fully saturated rings. The van der Waals surface area contributed by atoms with E-state index < -0.39 is 0 Å². The number of hydrogen-bond donors (Lipinski definition) is 2. The molecule has 0 radical (unpaired) electrons. The molecule has 27 heavy (non-hydrogen) atoms. The molecule has 0 bridgehead atoms. The average molecular weight is 367 g/mol. The lowest BCUT2D eigenvalue weighted by Gasteiger charge is -2.08. The molecule has 0 saturated heterocycles. The summed E-state index contributed by atoms with van der Waals surface area (Å²) in [6.45, 7) is 7.15. The first-order valence-electron chi connectivity index (χ1n) is 8.97. The largest absolute Gasteiger partial charge is 0.439 e. The van der Waals surface area contributed by atoms with Gasteiger partial charge in [0, 0.05) is 18.7 Å². The van der Waals surface area contributed by atoms with Crippen LogP contribution in [0.4, 0.5) is 0 Å². The fourth-order valence-corrected chi connectivity index (χ4v) is 2.48. The van der Waals surface area contributed by atoms with Crippen LogP contribution >= 0.6 is 0 Å². The summed E-state index contributed by atoms with van der Waals surface area (Å²) >= 11 is 0. The normalized spacial score (nSPS) is 11.8. The summed E-state index contributed by atoms with van der Waals surface area (Å²) < 4.78 is 11.1. The molecular weight excluding hydrogens is 342 g/mol. The van der Waals surface area contributed by atoms with Crippen molar-refractivity contribution in [3.63, 3.8) is 0 Å². The summed E-state index contributed by atoms with van der Waals surface area (Å²) in [6.07, 6.45) is 1.74. The first kappa shape index (κ1) is 18.7. The van der Waals surface area contributed by atoms with Crippen LogP contribution in [0.5, 0.6) is 0 Å². The van der Waals surface area contributed by atoms with Gasteiger partial charge in [0.05, 0.1) is 25.0 Å². The number of nitrogens with one attached hydrogen (secondary N) is 2.